The Balaban J connectivity index is 1.97. The molecule has 8 nitrogen and oxygen atoms in total. The van der Waals surface area contributed by atoms with Crippen molar-refractivity contribution in [1.82, 2.24) is 9.97 Å². The number of nitrogens with two attached hydrogens (primary N) is 1. The Morgan fingerprint density at radius 2 is 1.88 bits per heavy atom. The molecule has 0 bridgehead atoms. The summed E-state index contributed by atoms with van der Waals surface area (Å²) in [5, 5.41) is 7.87. The monoisotopic (exact) mass is 370 g/mol. The third-order valence-corrected chi connectivity index (χ3v) is 2.88. The molecule has 11 heteroatoms. The van der Waals surface area contributed by atoms with Crippen LogP contribution in [-0.2, 0) is 0 Å². The van der Waals surface area contributed by atoms with Crippen molar-refractivity contribution in [1.29, 1.82) is 0 Å². The third kappa shape index (κ3) is 6.43. The molecular weight excluding hydrogens is 353 g/mol. The number of halogens is 3. The number of carbonyl (C=O) groups excluding carboxylic acids is 1. The van der Waals surface area contributed by atoms with E-state index >= 15 is 0 Å². The van der Waals surface area contributed by atoms with Gasteiger partial charge in [-0.3, -0.25) is 5.32 Å². The van der Waals surface area contributed by atoms with Crippen LogP contribution in [0.25, 0.3) is 0 Å². The van der Waals surface area contributed by atoms with E-state index in [9.17, 15) is 18.0 Å². The van der Waals surface area contributed by atoms with Gasteiger partial charge in [0.05, 0.1) is 0 Å². The molecule has 5 N–H and O–H groups in total. The molecule has 0 spiro atoms. The van der Waals surface area contributed by atoms with Gasteiger partial charge < -0.3 is 21.1 Å². The minimum Gasteiger partial charge on any atom is -0.406 e. The molecule has 0 saturated carbocycles. The van der Waals surface area contributed by atoms with Gasteiger partial charge in [-0.2, -0.15) is 4.98 Å². The molecule has 0 saturated heterocycles. The summed E-state index contributed by atoms with van der Waals surface area (Å²) in [6.45, 7) is 2.66. The topological polar surface area (TPSA) is 114 Å². The SMILES string of the molecule is Cc1cc(NCCN)nc(NC(=O)Nc2ccc(OC(F)(F)F)cc2)n1. The van der Waals surface area contributed by atoms with Crippen LogP contribution in [0, 0.1) is 6.92 Å². The summed E-state index contributed by atoms with van der Waals surface area (Å²) >= 11 is 0. The number of ether oxygens (including phenoxy) is 1. The van der Waals surface area contributed by atoms with Crippen LogP contribution in [0.15, 0.2) is 30.3 Å². The van der Waals surface area contributed by atoms with Gasteiger partial charge in [-0.05, 0) is 31.2 Å². The Bertz CT molecular complexity index is 752. The number of amides is 2. The molecule has 2 aromatic rings. The first-order valence-corrected chi connectivity index (χ1v) is 7.48. The molecule has 0 radical (unpaired) electrons. The molecule has 0 aliphatic rings. The first kappa shape index (κ1) is 19.2. The summed E-state index contributed by atoms with van der Waals surface area (Å²) in [5.74, 6) is 0.187. The molecule has 0 unspecified atom stereocenters. The highest BCUT2D eigenvalue weighted by molar-refractivity contribution is 5.98. The number of hydrogen-bond donors (Lipinski definition) is 4. The summed E-state index contributed by atoms with van der Waals surface area (Å²) in [6, 6.07) is 5.75. The summed E-state index contributed by atoms with van der Waals surface area (Å²) in [5.41, 5.74) is 6.30. The lowest BCUT2D eigenvalue weighted by Crippen LogP contribution is -2.22. The number of hydrogen-bond acceptors (Lipinski definition) is 6. The number of alkyl halides is 3. The molecule has 2 amide bonds. The predicted octanol–water partition coefficient (Wildman–Crippen LogP) is 2.70. The van der Waals surface area contributed by atoms with Crippen molar-refractivity contribution in [2.75, 3.05) is 29.0 Å². The molecule has 1 heterocycles. The Hall–Kier alpha value is -3.08. The number of aryl methyl sites for hydroxylation is 1. The quantitative estimate of drug-likeness (QED) is 0.622. The molecule has 1 aromatic heterocycles. The van der Waals surface area contributed by atoms with Crippen molar-refractivity contribution in [3.05, 3.63) is 36.0 Å². The van der Waals surface area contributed by atoms with Crippen molar-refractivity contribution < 1.29 is 22.7 Å². The Labute approximate surface area is 147 Å². The van der Waals surface area contributed by atoms with Gasteiger partial charge in [0.1, 0.15) is 11.6 Å². The van der Waals surface area contributed by atoms with E-state index < -0.39 is 12.4 Å². The summed E-state index contributed by atoms with van der Waals surface area (Å²) in [6.07, 6.45) is -4.77. The Morgan fingerprint density at radius 1 is 1.19 bits per heavy atom. The second-order valence-electron chi connectivity index (χ2n) is 5.08. The molecule has 1 aromatic carbocycles. The van der Waals surface area contributed by atoms with Gasteiger partial charge in [-0.25, -0.2) is 9.78 Å². The minimum absolute atomic E-state index is 0.0686. The molecular formula is C15H17F3N6O2. The average molecular weight is 370 g/mol. The van der Waals surface area contributed by atoms with Gasteiger partial charge >= 0.3 is 12.4 Å². The number of anilines is 3. The lowest BCUT2D eigenvalue weighted by atomic mass is 10.3. The van der Waals surface area contributed by atoms with Crippen LogP contribution in [-0.4, -0.2) is 35.5 Å². The fourth-order valence-electron chi connectivity index (χ4n) is 1.92. The number of carbonyl (C=O) groups is 1. The molecule has 0 aliphatic heterocycles. The lowest BCUT2D eigenvalue weighted by molar-refractivity contribution is -0.274. The van der Waals surface area contributed by atoms with Crippen molar-refractivity contribution in [3.63, 3.8) is 0 Å². The molecule has 140 valence electrons. The normalized spacial score (nSPS) is 11.0. The zero-order chi connectivity index (χ0) is 19.2. The van der Waals surface area contributed by atoms with Gasteiger partial charge in [0.25, 0.3) is 0 Å². The van der Waals surface area contributed by atoms with E-state index in [2.05, 4.69) is 30.7 Å². The molecule has 0 aliphatic carbocycles. The zero-order valence-electron chi connectivity index (χ0n) is 13.7. The lowest BCUT2D eigenvalue weighted by Gasteiger charge is -2.11. The Kier molecular flexibility index (Phi) is 6.17. The van der Waals surface area contributed by atoms with Gasteiger partial charge in [-0.1, -0.05) is 0 Å². The largest absolute Gasteiger partial charge is 0.573 e. The highest BCUT2D eigenvalue weighted by Gasteiger charge is 2.30. The third-order valence-electron chi connectivity index (χ3n) is 2.88. The van der Waals surface area contributed by atoms with E-state index in [-0.39, 0.29) is 17.4 Å². The number of rotatable bonds is 6. The van der Waals surface area contributed by atoms with Crippen LogP contribution in [0.2, 0.25) is 0 Å². The van der Waals surface area contributed by atoms with Gasteiger partial charge in [0.2, 0.25) is 5.95 Å². The second kappa shape index (κ2) is 8.34. The number of aromatic nitrogens is 2. The molecule has 0 fully saturated rings. The average Bonchev–Trinajstić information content (AvgIpc) is 2.53. The number of benzene rings is 1. The standard InChI is InChI=1S/C15H17F3N6O2/c1-9-8-12(20-7-6-19)23-13(21-9)24-14(25)22-10-2-4-11(5-3-10)26-15(16,17)18/h2-5,8H,6-7,19H2,1H3,(H3,20,21,22,23,24,25). The maximum absolute atomic E-state index is 12.1. The van der Waals surface area contributed by atoms with Crippen LogP contribution < -0.4 is 26.4 Å². The van der Waals surface area contributed by atoms with Crippen molar-refractivity contribution in [2.24, 2.45) is 5.73 Å². The highest BCUT2D eigenvalue weighted by atomic mass is 19.4. The van der Waals surface area contributed by atoms with E-state index in [0.717, 1.165) is 12.1 Å². The molecule has 0 atom stereocenters. The predicted molar refractivity (Wildman–Crippen MR) is 90.1 cm³/mol. The van der Waals surface area contributed by atoms with Crippen LogP contribution >= 0.6 is 0 Å². The smallest absolute Gasteiger partial charge is 0.406 e. The summed E-state index contributed by atoms with van der Waals surface area (Å²) in [4.78, 5) is 20.2. The number of urea groups is 1. The van der Waals surface area contributed by atoms with Crippen LogP contribution in [0.3, 0.4) is 0 Å². The number of nitrogens with zero attached hydrogens (tertiary/aromatic N) is 2. The molecule has 26 heavy (non-hydrogen) atoms. The maximum atomic E-state index is 12.1. The van der Waals surface area contributed by atoms with Gasteiger partial charge in [0, 0.05) is 30.5 Å². The van der Waals surface area contributed by atoms with Gasteiger partial charge in [-0.15, -0.1) is 13.2 Å². The summed E-state index contributed by atoms with van der Waals surface area (Å²) in [7, 11) is 0. The van der Waals surface area contributed by atoms with Crippen molar-refractivity contribution in [3.8, 4) is 5.75 Å². The zero-order valence-corrected chi connectivity index (χ0v) is 13.7. The van der Waals surface area contributed by atoms with E-state index in [1.807, 2.05) is 0 Å². The fraction of sp³-hybridized carbons (Fsp3) is 0.267. The minimum atomic E-state index is -4.77. The van der Waals surface area contributed by atoms with E-state index in [0.29, 0.717) is 24.6 Å². The van der Waals surface area contributed by atoms with Crippen LogP contribution in [0.5, 0.6) is 5.75 Å². The van der Waals surface area contributed by atoms with Crippen LogP contribution in [0.4, 0.5) is 35.4 Å². The van der Waals surface area contributed by atoms with Crippen molar-refractivity contribution >= 4 is 23.5 Å². The Morgan fingerprint density at radius 3 is 2.50 bits per heavy atom. The molecule has 2 rings (SSSR count). The fourth-order valence-corrected chi connectivity index (χ4v) is 1.92. The van der Waals surface area contributed by atoms with Crippen molar-refractivity contribution in [2.45, 2.75) is 13.3 Å². The first-order valence-electron chi connectivity index (χ1n) is 7.48. The van der Waals surface area contributed by atoms with E-state index in [1.165, 1.54) is 12.1 Å². The summed E-state index contributed by atoms with van der Waals surface area (Å²) < 4.78 is 40.1. The maximum Gasteiger partial charge on any atom is 0.573 e. The van der Waals surface area contributed by atoms with E-state index in [1.54, 1.807) is 13.0 Å². The first-order chi connectivity index (χ1) is 12.2. The second-order valence-corrected chi connectivity index (χ2v) is 5.08. The van der Waals surface area contributed by atoms with Crippen LogP contribution in [0.1, 0.15) is 5.69 Å². The van der Waals surface area contributed by atoms with E-state index in [4.69, 9.17) is 5.73 Å². The number of nitrogens with one attached hydrogen (secondary N) is 3. The van der Waals surface area contributed by atoms with Gasteiger partial charge in [0.15, 0.2) is 0 Å². The highest BCUT2D eigenvalue weighted by Crippen LogP contribution is 2.24.